The van der Waals surface area contributed by atoms with Crippen molar-refractivity contribution in [2.24, 2.45) is 23.6 Å². The monoisotopic (exact) mass is 198 g/mol. The van der Waals surface area contributed by atoms with Gasteiger partial charge in [-0.05, 0) is 43.4 Å². The Morgan fingerprint density at radius 3 is 2.64 bits per heavy atom. The molecule has 0 aromatic rings. The van der Waals surface area contributed by atoms with Crippen LogP contribution in [0.5, 0.6) is 0 Å². The molecule has 0 spiro atoms. The van der Waals surface area contributed by atoms with E-state index in [2.05, 4.69) is 12.3 Å². The van der Waals surface area contributed by atoms with E-state index in [4.69, 9.17) is 10.6 Å². The van der Waals surface area contributed by atoms with Crippen molar-refractivity contribution in [2.45, 2.75) is 38.6 Å². The Balaban J connectivity index is 1.69. The van der Waals surface area contributed by atoms with Crippen LogP contribution in [-0.4, -0.2) is 19.3 Å². The first-order valence-corrected chi connectivity index (χ1v) is 5.89. The summed E-state index contributed by atoms with van der Waals surface area (Å²) in [4.78, 5) is 0. The van der Waals surface area contributed by atoms with Crippen molar-refractivity contribution in [3.63, 3.8) is 0 Å². The molecule has 0 heterocycles. The highest BCUT2D eigenvalue weighted by Gasteiger charge is 2.47. The van der Waals surface area contributed by atoms with E-state index in [1.54, 1.807) is 0 Å². The first kappa shape index (κ1) is 10.4. The van der Waals surface area contributed by atoms with E-state index in [1.165, 1.54) is 19.3 Å². The third-order valence-electron chi connectivity index (χ3n) is 3.71. The SMILES string of the molecule is CCCOCC(NN)C1CC2CC2C1. The predicted octanol–water partition coefficient (Wildman–Crippen LogP) is 1.29. The minimum atomic E-state index is 0.384. The van der Waals surface area contributed by atoms with Gasteiger partial charge in [0.15, 0.2) is 0 Å². The summed E-state index contributed by atoms with van der Waals surface area (Å²) in [5.74, 6) is 8.39. The van der Waals surface area contributed by atoms with Gasteiger partial charge in [0.05, 0.1) is 6.61 Å². The fourth-order valence-corrected chi connectivity index (χ4v) is 2.77. The zero-order chi connectivity index (χ0) is 9.97. The van der Waals surface area contributed by atoms with Crippen molar-refractivity contribution in [1.29, 1.82) is 0 Å². The molecule has 3 atom stereocenters. The van der Waals surface area contributed by atoms with Gasteiger partial charge in [-0.3, -0.25) is 11.3 Å². The number of hydrazine groups is 1. The number of hydrogen-bond donors (Lipinski definition) is 2. The Kier molecular flexibility index (Phi) is 3.42. The molecular weight excluding hydrogens is 176 g/mol. The van der Waals surface area contributed by atoms with Crippen LogP contribution in [0.1, 0.15) is 32.6 Å². The average Bonchev–Trinajstić information content (AvgIpc) is 2.81. The molecule has 3 heteroatoms. The lowest BCUT2D eigenvalue weighted by Gasteiger charge is -2.23. The van der Waals surface area contributed by atoms with E-state index >= 15 is 0 Å². The van der Waals surface area contributed by atoms with Crippen LogP contribution >= 0.6 is 0 Å². The standard InChI is InChI=1S/C11H22N2O/c1-2-3-14-7-11(13-12)10-5-8-4-9(8)6-10/h8-11,13H,2-7,12H2,1H3. The van der Waals surface area contributed by atoms with Gasteiger partial charge in [0.25, 0.3) is 0 Å². The number of ether oxygens (including phenoxy) is 1. The molecule has 3 unspecified atom stereocenters. The van der Waals surface area contributed by atoms with Crippen molar-refractivity contribution in [1.82, 2.24) is 5.43 Å². The molecule has 2 rings (SSSR count). The Hall–Kier alpha value is -0.120. The largest absolute Gasteiger partial charge is 0.380 e. The van der Waals surface area contributed by atoms with Crippen LogP contribution < -0.4 is 11.3 Å². The molecule has 0 radical (unpaired) electrons. The molecule has 0 amide bonds. The van der Waals surface area contributed by atoms with Gasteiger partial charge in [0.1, 0.15) is 0 Å². The maximum absolute atomic E-state index is 5.57. The first-order chi connectivity index (χ1) is 6.85. The van der Waals surface area contributed by atoms with Gasteiger partial charge >= 0.3 is 0 Å². The molecule has 3 nitrogen and oxygen atoms in total. The van der Waals surface area contributed by atoms with Crippen LogP contribution in [0.15, 0.2) is 0 Å². The minimum Gasteiger partial charge on any atom is -0.380 e. The van der Waals surface area contributed by atoms with Gasteiger partial charge < -0.3 is 4.74 Å². The van der Waals surface area contributed by atoms with Crippen LogP contribution in [0.4, 0.5) is 0 Å². The molecule has 0 aromatic heterocycles. The zero-order valence-electron chi connectivity index (χ0n) is 9.04. The maximum Gasteiger partial charge on any atom is 0.0635 e. The summed E-state index contributed by atoms with van der Waals surface area (Å²) in [5.41, 5.74) is 2.92. The van der Waals surface area contributed by atoms with Crippen LogP contribution in [0.3, 0.4) is 0 Å². The van der Waals surface area contributed by atoms with Gasteiger partial charge in [-0.2, -0.15) is 0 Å². The molecule has 82 valence electrons. The van der Waals surface area contributed by atoms with Gasteiger partial charge in [-0.25, -0.2) is 0 Å². The Bertz CT molecular complexity index is 176. The van der Waals surface area contributed by atoms with Crippen molar-refractivity contribution in [3.8, 4) is 0 Å². The second kappa shape index (κ2) is 4.60. The summed E-state index contributed by atoms with van der Waals surface area (Å²) in [5, 5.41) is 0. The van der Waals surface area contributed by atoms with Crippen molar-refractivity contribution >= 4 is 0 Å². The van der Waals surface area contributed by atoms with E-state index < -0.39 is 0 Å². The molecule has 0 saturated heterocycles. The molecule has 0 aliphatic heterocycles. The number of nitrogens with two attached hydrogens (primary N) is 1. The lowest BCUT2D eigenvalue weighted by Crippen LogP contribution is -2.43. The fourth-order valence-electron chi connectivity index (χ4n) is 2.77. The highest BCUT2D eigenvalue weighted by molar-refractivity contribution is 4.98. The maximum atomic E-state index is 5.57. The minimum absolute atomic E-state index is 0.384. The third-order valence-corrected chi connectivity index (χ3v) is 3.71. The number of hydrogen-bond acceptors (Lipinski definition) is 3. The van der Waals surface area contributed by atoms with Crippen LogP contribution in [-0.2, 0) is 4.74 Å². The topological polar surface area (TPSA) is 47.3 Å². The molecule has 3 N–H and O–H groups in total. The molecular formula is C11H22N2O. The van der Waals surface area contributed by atoms with E-state index in [0.717, 1.165) is 37.4 Å². The van der Waals surface area contributed by atoms with Crippen molar-refractivity contribution in [2.75, 3.05) is 13.2 Å². The summed E-state index contributed by atoms with van der Waals surface area (Å²) in [6.07, 6.45) is 5.31. The van der Waals surface area contributed by atoms with Crippen LogP contribution in [0, 0.1) is 17.8 Å². The summed E-state index contributed by atoms with van der Waals surface area (Å²) in [6.45, 7) is 3.78. The lowest BCUT2D eigenvalue weighted by molar-refractivity contribution is 0.0918. The fraction of sp³-hybridized carbons (Fsp3) is 1.00. The molecule has 0 aromatic carbocycles. The second-order valence-electron chi connectivity index (χ2n) is 4.84. The first-order valence-electron chi connectivity index (χ1n) is 5.89. The molecule has 2 saturated carbocycles. The van der Waals surface area contributed by atoms with Gasteiger partial charge in [0, 0.05) is 12.6 Å². The van der Waals surface area contributed by atoms with E-state index in [-0.39, 0.29) is 0 Å². The number of fused-ring (bicyclic) bond motifs is 1. The highest BCUT2D eigenvalue weighted by Crippen LogP contribution is 2.55. The number of rotatable bonds is 6. The Morgan fingerprint density at radius 2 is 2.07 bits per heavy atom. The van der Waals surface area contributed by atoms with Gasteiger partial charge in [-0.1, -0.05) is 6.92 Å². The van der Waals surface area contributed by atoms with Crippen LogP contribution in [0.2, 0.25) is 0 Å². The predicted molar refractivity (Wildman–Crippen MR) is 56.5 cm³/mol. The average molecular weight is 198 g/mol. The smallest absolute Gasteiger partial charge is 0.0635 e. The third kappa shape index (κ3) is 2.27. The molecule has 2 fully saturated rings. The molecule has 14 heavy (non-hydrogen) atoms. The van der Waals surface area contributed by atoms with Crippen LogP contribution in [0.25, 0.3) is 0 Å². The summed E-state index contributed by atoms with van der Waals surface area (Å²) in [7, 11) is 0. The Labute approximate surface area is 86.4 Å². The normalized spacial score (nSPS) is 36.9. The zero-order valence-corrected chi connectivity index (χ0v) is 9.04. The molecule has 0 bridgehead atoms. The van der Waals surface area contributed by atoms with Crippen molar-refractivity contribution in [3.05, 3.63) is 0 Å². The number of nitrogens with one attached hydrogen (secondary N) is 1. The Morgan fingerprint density at radius 1 is 1.36 bits per heavy atom. The quantitative estimate of drug-likeness (QED) is 0.384. The summed E-state index contributed by atoms with van der Waals surface area (Å²) in [6, 6.07) is 0.384. The van der Waals surface area contributed by atoms with E-state index in [1.807, 2.05) is 0 Å². The van der Waals surface area contributed by atoms with Crippen molar-refractivity contribution < 1.29 is 4.74 Å². The molecule has 2 aliphatic rings. The summed E-state index contributed by atoms with van der Waals surface area (Å²) >= 11 is 0. The summed E-state index contributed by atoms with van der Waals surface area (Å²) < 4.78 is 5.56. The molecule has 2 aliphatic carbocycles. The van der Waals surface area contributed by atoms with E-state index in [0.29, 0.717) is 6.04 Å². The highest BCUT2D eigenvalue weighted by atomic mass is 16.5. The lowest BCUT2D eigenvalue weighted by atomic mass is 9.95. The van der Waals surface area contributed by atoms with Gasteiger partial charge in [-0.15, -0.1) is 0 Å². The van der Waals surface area contributed by atoms with E-state index in [9.17, 15) is 0 Å². The second-order valence-corrected chi connectivity index (χ2v) is 4.84. The van der Waals surface area contributed by atoms with Gasteiger partial charge in [0.2, 0.25) is 0 Å².